The molecule has 1 aromatic heterocycles. The summed E-state index contributed by atoms with van der Waals surface area (Å²) in [5.41, 5.74) is 4.87. The number of alkyl halides is 1. The molecule has 0 aliphatic carbocycles. The van der Waals surface area contributed by atoms with Crippen molar-refractivity contribution in [2.24, 2.45) is 0 Å². The van der Waals surface area contributed by atoms with E-state index < -0.39 is 6.04 Å². The minimum atomic E-state index is -0.529. The monoisotopic (exact) mass is 497 g/mol. The number of benzene rings is 2. The zero-order valence-electron chi connectivity index (χ0n) is 20.6. The number of esters is 1. The summed E-state index contributed by atoms with van der Waals surface area (Å²) in [6.07, 6.45) is 3.47. The van der Waals surface area contributed by atoms with Crippen molar-refractivity contribution >= 4 is 46.0 Å². The average molecular weight is 498 g/mol. The maximum absolute atomic E-state index is 13.3. The molecule has 1 unspecified atom stereocenters. The van der Waals surface area contributed by atoms with Crippen molar-refractivity contribution in [2.45, 2.75) is 52.0 Å². The van der Waals surface area contributed by atoms with Crippen LogP contribution in [0.2, 0.25) is 0 Å². The van der Waals surface area contributed by atoms with E-state index >= 15 is 0 Å². The van der Waals surface area contributed by atoms with Crippen LogP contribution in [0.1, 0.15) is 59.8 Å². The van der Waals surface area contributed by atoms with Gasteiger partial charge in [0.15, 0.2) is 0 Å². The molecule has 2 aromatic carbocycles. The second-order valence-corrected chi connectivity index (χ2v) is 8.75. The van der Waals surface area contributed by atoms with E-state index in [1.54, 1.807) is 26.1 Å². The number of carbonyl (C=O) groups is 3. The third kappa shape index (κ3) is 6.22. The molecule has 1 heterocycles. The van der Waals surface area contributed by atoms with Crippen LogP contribution < -0.4 is 10.6 Å². The van der Waals surface area contributed by atoms with Crippen molar-refractivity contribution in [2.75, 3.05) is 19.0 Å². The third-order valence-corrected chi connectivity index (χ3v) is 6.35. The molecule has 0 aliphatic rings. The summed E-state index contributed by atoms with van der Waals surface area (Å²) in [5.74, 6) is -0.272. The SMILES string of the molecule is CCOC(=O)CCCc1ccc(CCl)cc1NC(=O)C(C)n1cc(C)c2ccc(C(=O)NC)cc21. The van der Waals surface area contributed by atoms with Crippen LogP contribution in [-0.2, 0) is 26.6 Å². The van der Waals surface area contributed by atoms with Crippen LogP contribution in [0.15, 0.2) is 42.6 Å². The number of hydrogen-bond acceptors (Lipinski definition) is 4. The second-order valence-electron chi connectivity index (χ2n) is 8.48. The summed E-state index contributed by atoms with van der Waals surface area (Å²) in [5, 5.41) is 6.68. The van der Waals surface area contributed by atoms with Gasteiger partial charge in [-0.25, -0.2) is 0 Å². The van der Waals surface area contributed by atoms with Crippen molar-refractivity contribution in [3.63, 3.8) is 0 Å². The summed E-state index contributed by atoms with van der Waals surface area (Å²) in [6.45, 7) is 5.95. The number of halogens is 1. The Bertz CT molecular complexity index is 1230. The number of anilines is 1. The Morgan fingerprint density at radius 1 is 1.14 bits per heavy atom. The predicted octanol–water partition coefficient (Wildman–Crippen LogP) is 5.13. The molecule has 186 valence electrons. The van der Waals surface area contributed by atoms with E-state index in [1.807, 2.05) is 48.9 Å². The molecule has 0 radical (unpaired) electrons. The summed E-state index contributed by atoms with van der Waals surface area (Å²) in [4.78, 5) is 37.2. The highest BCUT2D eigenvalue weighted by Gasteiger charge is 2.20. The molecular formula is C27H32ClN3O4. The lowest BCUT2D eigenvalue weighted by Gasteiger charge is -2.18. The van der Waals surface area contributed by atoms with E-state index in [2.05, 4.69) is 10.6 Å². The normalized spacial score (nSPS) is 11.8. The number of carbonyl (C=O) groups excluding carboxylic acids is 3. The van der Waals surface area contributed by atoms with Gasteiger partial charge in [0.1, 0.15) is 6.04 Å². The number of aromatic nitrogens is 1. The van der Waals surface area contributed by atoms with Gasteiger partial charge in [-0.05, 0) is 68.5 Å². The van der Waals surface area contributed by atoms with Gasteiger partial charge in [0.25, 0.3) is 5.91 Å². The van der Waals surface area contributed by atoms with Crippen LogP contribution in [0.4, 0.5) is 5.69 Å². The topological polar surface area (TPSA) is 89.4 Å². The molecular weight excluding hydrogens is 466 g/mol. The highest BCUT2D eigenvalue weighted by Crippen LogP contribution is 2.27. The van der Waals surface area contributed by atoms with Gasteiger partial charge in [-0.15, -0.1) is 11.6 Å². The van der Waals surface area contributed by atoms with Crippen LogP contribution >= 0.6 is 11.6 Å². The maximum Gasteiger partial charge on any atom is 0.305 e. The number of fused-ring (bicyclic) bond motifs is 1. The first-order valence-electron chi connectivity index (χ1n) is 11.8. The molecule has 3 aromatic rings. The lowest BCUT2D eigenvalue weighted by atomic mass is 10.0. The average Bonchev–Trinajstić information content (AvgIpc) is 3.19. The Morgan fingerprint density at radius 3 is 2.60 bits per heavy atom. The van der Waals surface area contributed by atoms with E-state index in [0.717, 1.165) is 27.6 Å². The molecule has 8 heteroatoms. The Hall–Kier alpha value is -3.32. The van der Waals surface area contributed by atoms with Crippen LogP contribution in [-0.4, -0.2) is 36.0 Å². The van der Waals surface area contributed by atoms with Gasteiger partial charge in [0, 0.05) is 47.7 Å². The predicted molar refractivity (Wildman–Crippen MR) is 139 cm³/mol. The molecule has 0 saturated heterocycles. The zero-order chi connectivity index (χ0) is 25.5. The van der Waals surface area contributed by atoms with Gasteiger partial charge >= 0.3 is 5.97 Å². The van der Waals surface area contributed by atoms with Crippen molar-refractivity contribution in [3.05, 3.63) is 64.8 Å². The molecule has 1 atom stereocenters. The lowest BCUT2D eigenvalue weighted by Crippen LogP contribution is -2.24. The first-order chi connectivity index (χ1) is 16.8. The van der Waals surface area contributed by atoms with Gasteiger partial charge < -0.3 is 19.9 Å². The molecule has 0 fully saturated rings. The van der Waals surface area contributed by atoms with Gasteiger partial charge in [0.2, 0.25) is 5.91 Å². The smallest absolute Gasteiger partial charge is 0.305 e. The van der Waals surface area contributed by atoms with Crippen LogP contribution in [0.5, 0.6) is 0 Å². The van der Waals surface area contributed by atoms with Gasteiger partial charge in [-0.1, -0.05) is 18.2 Å². The fraction of sp³-hybridized carbons (Fsp3) is 0.370. The number of aryl methyl sites for hydroxylation is 2. The summed E-state index contributed by atoms with van der Waals surface area (Å²) in [7, 11) is 1.59. The van der Waals surface area contributed by atoms with E-state index in [0.29, 0.717) is 43.0 Å². The number of hydrogen-bond donors (Lipinski definition) is 2. The fourth-order valence-corrected chi connectivity index (χ4v) is 4.26. The van der Waals surface area contributed by atoms with Crippen molar-refractivity contribution in [3.8, 4) is 0 Å². The molecule has 0 aliphatic heterocycles. The number of nitrogens with one attached hydrogen (secondary N) is 2. The van der Waals surface area contributed by atoms with E-state index in [1.165, 1.54) is 0 Å². The van der Waals surface area contributed by atoms with E-state index in [9.17, 15) is 14.4 Å². The Kier molecular flexibility index (Phi) is 8.93. The molecule has 0 spiro atoms. The molecule has 7 nitrogen and oxygen atoms in total. The number of amides is 2. The standard InChI is InChI=1S/C27H32ClN3O4/c1-5-35-25(32)8-6-7-20-10-9-19(15-28)13-23(20)30-26(33)18(3)31-16-17(2)22-12-11-21(14-24(22)31)27(34)29-4/h9-14,16,18H,5-8,15H2,1-4H3,(H,29,34)(H,30,33). The summed E-state index contributed by atoms with van der Waals surface area (Å²) >= 11 is 6.04. The lowest BCUT2D eigenvalue weighted by molar-refractivity contribution is -0.143. The molecule has 3 rings (SSSR count). The Morgan fingerprint density at radius 2 is 1.91 bits per heavy atom. The van der Waals surface area contributed by atoms with Gasteiger partial charge in [0.05, 0.1) is 6.61 Å². The number of ether oxygens (including phenoxy) is 1. The number of rotatable bonds is 10. The first-order valence-corrected chi connectivity index (χ1v) is 12.3. The number of nitrogens with zero attached hydrogens (tertiary/aromatic N) is 1. The summed E-state index contributed by atoms with van der Waals surface area (Å²) in [6, 6.07) is 10.7. The van der Waals surface area contributed by atoms with Crippen molar-refractivity contribution in [1.29, 1.82) is 0 Å². The Balaban J connectivity index is 1.84. The minimum absolute atomic E-state index is 0.181. The van der Waals surface area contributed by atoms with Crippen molar-refractivity contribution in [1.82, 2.24) is 9.88 Å². The fourth-order valence-electron chi connectivity index (χ4n) is 4.09. The van der Waals surface area contributed by atoms with Crippen molar-refractivity contribution < 1.29 is 19.1 Å². The molecule has 2 N–H and O–H groups in total. The first kappa shape index (κ1) is 26.3. The largest absolute Gasteiger partial charge is 0.466 e. The highest BCUT2D eigenvalue weighted by atomic mass is 35.5. The van der Waals surface area contributed by atoms with Crippen LogP contribution in [0.25, 0.3) is 10.9 Å². The quantitative estimate of drug-likeness (QED) is 0.300. The Labute approximate surface area is 210 Å². The van der Waals surface area contributed by atoms with Gasteiger partial charge in [-0.3, -0.25) is 14.4 Å². The van der Waals surface area contributed by atoms with Crippen LogP contribution in [0, 0.1) is 6.92 Å². The summed E-state index contributed by atoms with van der Waals surface area (Å²) < 4.78 is 6.89. The second kappa shape index (κ2) is 11.9. The van der Waals surface area contributed by atoms with Gasteiger partial charge in [-0.2, -0.15) is 0 Å². The molecule has 0 bridgehead atoms. The zero-order valence-corrected chi connectivity index (χ0v) is 21.4. The molecule has 2 amide bonds. The van der Waals surface area contributed by atoms with E-state index in [-0.39, 0.29) is 17.8 Å². The van der Waals surface area contributed by atoms with E-state index in [4.69, 9.17) is 16.3 Å². The maximum atomic E-state index is 13.3. The highest BCUT2D eigenvalue weighted by molar-refractivity contribution is 6.17. The minimum Gasteiger partial charge on any atom is -0.466 e. The third-order valence-electron chi connectivity index (χ3n) is 6.04. The van der Waals surface area contributed by atoms with Crippen LogP contribution in [0.3, 0.4) is 0 Å². The molecule has 0 saturated carbocycles. The molecule has 35 heavy (non-hydrogen) atoms.